The van der Waals surface area contributed by atoms with Gasteiger partial charge in [0.2, 0.25) is 0 Å². The number of fused-ring (bicyclic) bond motifs is 1. The lowest BCUT2D eigenvalue weighted by Crippen LogP contribution is -2.20. The third-order valence-corrected chi connectivity index (χ3v) is 7.09. The van der Waals surface area contributed by atoms with Crippen LogP contribution in [0.3, 0.4) is 0 Å². The van der Waals surface area contributed by atoms with Crippen molar-refractivity contribution in [2.75, 3.05) is 0 Å². The molecule has 3 aromatic heterocycles. The van der Waals surface area contributed by atoms with E-state index in [1.807, 2.05) is 36.2 Å². The number of hydrazone groups is 1. The summed E-state index contributed by atoms with van der Waals surface area (Å²) in [6.07, 6.45) is 4.53. The first-order chi connectivity index (χ1) is 13.5. The van der Waals surface area contributed by atoms with E-state index in [-0.39, 0.29) is 5.91 Å². The quantitative estimate of drug-likeness (QED) is 0.445. The number of aryl methyl sites for hydroxylation is 1. The smallest absolute Gasteiger partial charge is 0.267 e. The van der Waals surface area contributed by atoms with Gasteiger partial charge in [0.15, 0.2) is 5.65 Å². The van der Waals surface area contributed by atoms with Crippen molar-refractivity contribution in [2.24, 2.45) is 12.1 Å². The molecule has 0 aromatic carbocycles. The van der Waals surface area contributed by atoms with Gasteiger partial charge >= 0.3 is 0 Å². The highest BCUT2D eigenvalue weighted by atomic mass is 79.9. The van der Waals surface area contributed by atoms with Crippen molar-refractivity contribution in [3.05, 3.63) is 43.8 Å². The molecule has 2 fully saturated rings. The van der Waals surface area contributed by atoms with E-state index in [0.717, 1.165) is 63.2 Å². The van der Waals surface area contributed by atoms with Gasteiger partial charge in [0, 0.05) is 34.4 Å². The maximum absolute atomic E-state index is 13.1. The molecule has 5 rings (SSSR count). The van der Waals surface area contributed by atoms with Gasteiger partial charge in [-0.3, -0.25) is 9.48 Å². The van der Waals surface area contributed by atoms with Crippen molar-refractivity contribution in [1.29, 1.82) is 0 Å². The topological polar surface area (TPSA) is 72.2 Å². The summed E-state index contributed by atoms with van der Waals surface area (Å²) in [4.78, 5) is 19.0. The van der Waals surface area contributed by atoms with Gasteiger partial charge in [0.1, 0.15) is 0 Å². The Kier molecular flexibility index (Phi) is 4.35. The Morgan fingerprint density at radius 3 is 2.68 bits per heavy atom. The predicted molar refractivity (Wildman–Crippen MR) is 114 cm³/mol. The number of nitrogens with zero attached hydrogens (tertiary/aromatic N) is 4. The molecular weight excluding hydrogens is 438 g/mol. The molecule has 1 amide bonds. The molecule has 8 heteroatoms. The SMILES string of the molecule is C/C(=N\NC(=O)c1cc(C2CC2)nc2c1c(C1CC1)nn2C)c1cc(Br)cs1. The summed E-state index contributed by atoms with van der Waals surface area (Å²) in [5, 5.41) is 11.9. The summed E-state index contributed by atoms with van der Waals surface area (Å²) in [6, 6.07) is 3.95. The lowest BCUT2D eigenvalue weighted by Gasteiger charge is -2.07. The molecule has 2 saturated carbocycles. The van der Waals surface area contributed by atoms with Crippen molar-refractivity contribution in [3.8, 4) is 0 Å². The molecule has 0 atom stereocenters. The van der Waals surface area contributed by atoms with Gasteiger partial charge in [-0.25, -0.2) is 10.4 Å². The van der Waals surface area contributed by atoms with E-state index in [0.29, 0.717) is 17.4 Å². The molecule has 3 heterocycles. The predicted octanol–water partition coefficient (Wildman–Crippen LogP) is 4.70. The van der Waals surface area contributed by atoms with Crippen molar-refractivity contribution < 1.29 is 4.79 Å². The van der Waals surface area contributed by atoms with Crippen LogP contribution in [-0.2, 0) is 7.05 Å². The summed E-state index contributed by atoms with van der Waals surface area (Å²) >= 11 is 5.04. The van der Waals surface area contributed by atoms with E-state index in [4.69, 9.17) is 10.1 Å². The Morgan fingerprint density at radius 1 is 1.29 bits per heavy atom. The number of carbonyl (C=O) groups excluding carboxylic acids is 1. The van der Waals surface area contributed by atoms with Gasteiger partial charge in [-0.15, -0.1) is 11.3 Å². The zero-order chi connectivity index (χ0) is 19.4. The molecule has 0 saturated heterocycles. The van der Waals surface area contributed by atoms with E-state index in [2.05, 4.69) is 26.5 Å². The number of halogens is 1. The number of hydrogen-bond donors (Lipinski definition) is 1. The van der Waals surface area contributed by atoms with Crippen LogP contribution in [0.2, 0.25) is 0 Å². The second-order valence-electron chi connectivity index (χ2n) is 7.62. The van der Waals surface area contributed by atoms with E-state index >= 15 is 0 Å². The lowest BCUT2D eigenvalue weighted by atomic mass is 10.1. The molecule has 0 radical (unpaired) electrons. The van der Waals surface area contributed by atoms with Gasteiger partial charge in [0.25, 0.3) is 5.91 Å². The molecule has 0 unspecified atom stereocenters. The van der Waals surface area contributed by atoms with Gasteiger partial charge in [-0.05, 0) is 60.7 Å². The van der Waals surface area contributed by atoms with Crippen LogP contribution in [0.25, 0.3) is 11.0 Å². The molecule has 3 aromatic rings. The molecule has 6 nitrogen and oxygen atoms in total. The Labute approximate surface area is 175 Å². The second kappa shape index (κ2) is 6.77. The van der Waals surface area contributed by atoms with Crippen molar-refractivity contribution in [2.45, 2.75) is 44.4 Å². The van der Waals surface area contributed by atoms with E-state index in [9.17, 15) is 4.79 Å². The highest BCUT2D eigenvalue weighted by Gasteiger charge is 2.33. The molecule has 0 spiro atoms. The number of thiophene rings is 1. The minimum atomic E-state index is -0.195. The number of amides is 1. The first-order valence-electron chi connectivity index (χ1n) is 9.48. The average molecular weight is 458 g/mol. The average Bonchev–Trinajstić information content (AvgIpc) is 3.61. The largest absolute Gasteiger partial charge is 0.272 e. The Morgan fingerprint density at radius 2 is 2.04 bits per heavy atom. The molecule has 28 heavy (non-hydrogen) atoms. The van der Waals surface area contributed by atoms with Gasteiger partial charge in [-0.2, -0.15) is 10.2 Å². The van der Waals surface area contributed by atoms with Crippen molar-refractivity contribution in [3.63, 3.8) is 0 Å². The number of rotatable bonds is 5. The monoisotopic (exact) mass is 457 g/mol. The maximum atomic E-state index is 13.1. The molecule has 144 valence electrons. The Hall–Kier alpha value is -2.06. The Bertz CT molecular complexity index is 1120. The lowest BCUT2D eigenvalue weighted by molar-refractivity contribution is 0.0956. The maximum Gasteiger partial charge on any atom is 0.272 e. The summed E-state index contributed by atoms with van der Waals surface area (Å²) in [6.45, 7) is 1.90. The first kappa shape index (κ1) is 18.0. The summed E-state index contributed by atoms with van der Waals surface area (Å²) < 4.78 is 2.84. The number of carbonyl (C=O) groups is 1. The number of hydrogen-bond acceptors (Lipinski definition) is 5. The van der Waals surface area contributed by atoms with Crippen LogP contribution in [-0.4, -0.2) is 26.4 Å². The van der Waals surface area contributed by atoms with Crippen molar-refractivity contribution >= 4 is 49.9 Å². The minimum absolute atomic E-state index is 0.195. The van der Waals surface area contributed by atoms with E-state index < -0.39 is 0 Å². The number of nitrogens with one attached hydrogen (secondary N) is 1. The fourth-order valence-electron chi connectivity index (χ4n) is 3.46. The Balaban J connectivity index is 1.54. The zero-order valence-corrected chi connectivity index (χ0v) is 18.1. The molecule has 2 aliphatic rings. The van der Waals surface area contributed by atoms with Crippen LogP contribution < -0.4 is 5.43 Å². The number of pyridine rings is 1. The third-order valence-electron chi connectivity index (χ3n) is 5.29. The summed E-state index contributed by atoms with van der Waals surface area (Å²) in [7, 11) is 1.91. The van der Waals surface area contributed by atoms with Gasteiger partial charge in [0.05, 0.1) is 27.2 Å². The minimum Gasteiger partial charge on any atom is -0.267 e. The normalized spacial score (nSPS) is 17.3. The van der Waals surface area contributed by atoms with Crippen LogP contribution in [0.5, 0.6) is 0 Å². The van der Waals surface area contributed by atoms with Crippen LogP contribution in [0.4, 0.5) is 0 Å². The van der Waals surface area contributed by atoms with Crippen LogP contribution in [0.1, 0.15) is 71.1 Å². The van der Waals surface area contributed by atoms with Crippen LogP contribution in [0, 0.1) is 0 Å². The summed E-state index contributed by atoms with van der Waals surface area (Å²) in [5.41, 5.74) is 6.98. The fraction of sp³-hybridized carbons (Fsp3) is 0.400. The fourth-order valence-corrected chi connectivity index (χ4v) is 4.84. The zero-order valence-electron chi connectivity index (χ0n) is 15.7. The third kappa shape index (κ3) is 3.28. The van der Waals surface area contributed by atoms with Gasteiger partial charge in [-0.1, -0.05) is 0 Å². The molecule has 0 bridgehead atoms. The summed E-state index contributed by atoms with van der Waals surface area (Å²) in [5.74, 6) is 0.709. The van der Waals surface area contributed by atoms with Crippen LogP contribution >= 0.6 is 27.3 Å². The second-order valence-corrected chi connectivity index (χ2v) is 9.44. The van der Waals surface area contributed by atoms with E-state index in [1.165, 1.54) is 0 Å². The standard InChI is InChI=1S/C20H20BrN5OS/c1-10(16-7-13(21)9-28-16)23-24-20(27)14-8-15(11-3-4-11)22-19-17(14)18(12-5-6-12)25-26(19)2/h7-9,11-12H,3-6H2,1-2H3,(H,24,27)/b23-10+. The molecular formula is C20H20BrN5OS. The molecule has 2 aliphatic carbocycles. The highest BCUT2D eigenvalue weighted by Crippen LogP contribution is 2.45. The number of aromatic nitrogens is 3. The highest BCUT2D eigenvalue weighted by molar-refractivity contribution is 9.10. The van der Waals surface area contributed by atoms with Gasteiger partial charge < -0.3 is 0 Å². The van der Waals surface area contributed by atoms with Crippen LogP contribution in [0.15, 0.2) is 27.1 Å². The van der Waals surface area contributed by atoms with Crippen molar-refractivity contribution in [1.82, 2.24) is 20.2 Å². The molecule has 1 N–H and O–H groups in total. The van der Waals surface area contributed by atoms with E-state index in [1.54, 1.807) is 11.3 Å². The first-order valence-corrected chi connectivity index (χ1v) is 11.1. The molecule has 0 aliphatic heterocycles.